The van der Waals surface area contributed by atoms with E-state index in [0.29, 0.717) is 24.7 Å². The van der Waals surface area contributed by atoms with Crippen LogP contribution in [0.25, 0.3) is 0 Å². The molecule has 0 aromatic rings. The smallest absolute Gasteiger partial charge is 0.165 e. The van der Waals surface area contributed by atoms with Crippen LogP contribution >= 0.6 is 0 Å². The molecule has 6 unspecified atom stereocenters. The first-order chi connectivity index (χ1) is 9.52. The van der Waals surface area contributed by atoms with Gasteiger partial charge in [-0.05, 0) is 37.5 Å². The summed E-state index contributed by atoms with van der Waals surface area (Å²) in [5.41, 5.74) is -1.75. The molecule has 4 nitrogen and oxygen atoms in total. The van der Waals surface area contributed by atoms with Crippen LogP contribution in [0.5, 0.6) is 0 Å². The summed E-state index contributed by atoms with van der Waals surface area (Å²) in [4.78, 5) is 15.2. The number of ketones is 1. The number of Topliss-reactive ketones (excluding diaryl/α,β-unsaturated/α-hetero) is 1. The molecule has 5 fully saturated rings. The molecule has 0 aromatic carbocycles. The Hall–Kier alpha value is -0.450. The molecule has 3 aliphatic heterocycles. The molecule has 4 heteroatoms. The van der Waals surface area contributed by atoms with Crippen molar-refractivity contribution in [2.75, 3.05) is 13.1 Å². The van der Waals surface area contributed by atoms with Gasteiger partial charge >= 0.3 is 0 Å². The van der Waals surface area contributed by atoms with Gasteiger partial charge in [0.1, 0.15) is 11.3 Å². The monoisotopic (exact) mass is 277 g/mol. The number of hydrogen-bond acceptors (Lipinski definition) is 4. The lowest BCUT2D eigenvalue weighted by atomic mass is 9.50. The number of piperidine rings is 1. The van der Waals surface area contributed by atoms with E-state index in [1.54, 1.807) is 0 Å². The Labute approximate surface area is 119 Å². The molecule has 2 spiro atoms. The van der Waals surface area contributed by atoms with Crippen LogP contribution in [0.2, 0.25) is 0 Å². The van der Waals surface area contributed by atoms with E-state index in [0.717, 1.165) is 38.8 Å². The number of nitrogens with zero attached hydrogens (tertiary/aromatic N) is 1. The third-order valence-electron chi connectivity index (χ3n) is 7.16. The van der Waals surface area contributed by atoms with Gasteiger partial charge in [-0.1, -0.05) is 6.92 Å². The molecule has 0 radical (unpaired) electrons. The first-order valence-electron chi connectivity index (χ1n) is 8.20. The van der Waals surface area contributed by atoms with Crippen LogP contribution in [0.1, 0.15) is 45.4 Å². The average molecular weight is 277 g/mol. The summed E-state index contributed by atoms with van der Waals surface area (Å²) in [7, 11) is 0. The number of aliphatic hydroxyl groups is 1. The number of carbonyl (C=O) groups excluding carboxylic acids is 1. The van der Waals surface area contributed by atoms with Crippen molar-refractivity contribution < 1.29 is 14.6 Å². The number of ether oxygens (including phenoxy) is 1. The molecule has 20 heavy (non-hydrogen) atoms. The van der Waals surface area contributed by atoms with Crippen molar-refractivity contribution >= 4 is 5.78 Å². The van der Waals surface area contributed by atoms with E-state index in [-0.39, 0.29) is 23.0 Å². The average Bonchev–Trinajstić information content (AvgIpc) is 2.80. The van der Waals surface area contributed by atoms with Crippen LogP contribution in [-0.4, -0.2) is 46.3 Å². The Morgan fingerprint density at radius 1 is 1.40 bits per heavy atom. The summed E-state index contributed by atoms with van der Waals surface area (Å²) in [5, 5.41) is 11.4. The zero-order valence-corrected chi connectivity index (χ0v) is 12.1. The summed E-state index contributed by atoms with van der Waals surface area (Å²) in [6, 6.07) is 0. The Balaban J connectivity index is 1.79. The molecule has 2 aliphatic carbocycles. The zero-order valence-electron chi connectivity index (χ0n) is 12.1. The Kier molecular flexibility index (Phi) is 2.01. The van der Waals surface area contributed by atoms with Gasteiger partial charge in [-0.15, -0.1) is 0 Å². The van der Waals surface area contributed by atoms with E-state index in [9.17, 15) is 9.90 Å². The molecule has 5 aliphatic rings. The number of fused-ring (bicyclic) bond motifs is 1. The van der Waals surface area contributed by atoms with Gasteiger partial charge in [0, 0.05) is 25.9 Å². The van der Waals surface area contributed by atoms with E-state index < -0.39 is 5.60 Å². The second-order valence-corrected chi connectivity index (χ2v) is 7.98. The molecule has 5 rings (SSSR count). The maximum Gasteiger partial charge on any atom is 0.165 e. The quantitative estimate of drug-likeness (QED) is 0.725. The SMILES string of the molecule is CC1CC2CC(=O)C3(O)CC4CN5CCCC23C5(C1)O4. The fourth-order valence-corrected chi connectivity index (χ4v) is 6.81. The maximum atomic E-state index is 12.7. The fraction of sp³-hybridized carbons (Fsp3) is 0.938. The van der Waals surface area contributed by atoms with Gasteiger partial charge < -0.3 is 9.84 Å². The molecular formula is C16H23NO3. The standard InChI is InChI=1S/C16H23NO3/c1-10-5-11-6-13(18)15(19)8-12-9-17-4-2-3-14(11,15)16(17,7-10)20-12/h10-12,19H,2-9H2,1H3. The first kappa shape index (κ1) is 12.1. The van der Waals surface area contributed by atoms with Crippen molar-refractivity contribution in [2.45, 2.75) is 62.9 Å². The van der Waals surface area contributed by atoms with Crippen molar-refractivity contribution in [2.24, 2.45) is 17.3 Å². The second-order valence-electron chi connectivity index (χ2n) is 7.98. The van der Waals surface area contributed by atoms with Gasteiger partial charge in [0.15, 0.2) is 5.78 Å². The normalized spacial score (nSPS) is 60.7. The van der Waals surface area contributed by atoms with E-state index in [2.05, 4.69) is 11.8 Å². The predicted octanol–water partition coefficient (Wildman–Crippen LogP) is 1.32. The maximum absolute atomic E-state index is 12.7. The molecule has 2 saturated carbocycles. The summed E-state index contributed by atoms with van der Waals surface area (Å²) < 4.78 is 6.53. The van der Waals surface area contributed by atoms with Crippen molar-refractivity contribution in [3.8, 4) is 0 Å². The minimum Gasteiger partial charge on any atom is -0.381 e. The first-order valence-corrected chi connectivity index (χ1v) is 8.20. The van der Waals surface area contributed by atoms with Gasteiger partial charge in [-0.2, -0.15) is 0 Å². The van der Waals surface area contributed by atoms with Crippen LogP contribution in [0, 0.1) is 17.3 Å². The third-order valence-corrected chi connectivity index (χ3v) is 7.16. The lowest BCUT2D eigenvalue weighted by Gasteiger charge is -2.65. The number of hydrogen-bond donors (Lipinski definition) is 1. The predicted molar refractivity (Wildman–Crippen MR) is 71.9 cm³/mol. The van der Waals surface area contributed by atoms with E-state index in [1.807, 2.05) is 0 Å². The molecule has 6 atom stereocenters. The summed E-state index contributed by atoms with van der Waals surface area (Å²) >= 11 is 0. The summed E-state index contributed by atoms with van der Waals surface area (Å²) in [6.07, 6.45) is 5.31. The van der Waals surface area contributed by atoms with Crippen molar-refractivity contribution in [3.63, 3.8) is 0 Å². The van der Waals surface area contributed by atoms with Gasteiger partial charge in [0.2, 0.25) is 0 Å². The fourth-order valence-electron chi connectivity index (χ4n) is 6.81. The van der Waals surface area contributed by atoms with Crippen LogP contribution < -0.4 is 0 Å². The minimum atomic E-state index is -1.10. The molecule has 3 heterocycles. The molecule has 2 bridgehead atoms. The highest BCUT2D eigenvalue weighted by Crippen LogP contribution is 2.72. The molecule has 1 N–H and O–H groups in total. The lowest BCUT2D eigenvalue weighted by molar-refractivity contribution is -0.321. The largest absolute Gasteiger partial charge is 0.381 e. The highest BCUT2D eigenvalue weighted by atomic mass is 16.6. The minimum absolute atomic E-state index is 0.0548. The molecule has 3 saturated heterocycles. The lowest BCUT2D eigenvalue weighted by Crippen LogP contribution is -2.74. The van der Waals surface area contributed by atoms with Crippen LogP contribution in [0.15, 0.2) is 0 Å². The number of rotatable bonds is 0. The Morgan fingerprint density at radius 3 is 3.10 bits per heavy atom. The topological polar surface area (TPSA) is 49.8 Å². The van der Waals surface area contributed by atoms with Crippen molar-refractivity contribution in [3.05, 3.63) is 0 Å². The molecule has 0 amide bonds. The molecule has 110 valence electrons. The highest BCUT2D eigenvalue weighted by molar-refractivity contribution is 5.92. The van der Waals surface area contributed by atoms with Gasteiger partial charge in [-0.25, -0.2) is 0 Å². The van der Waals surface area contributed by atoms with Crippen molar-refractivity contribution in [1.82, 2.24) is 4.90 Å². The van der Waals surface area contributed by atoms with Gasteiger partial charge in [-0.3, -0.25) is 9.69 Å². The summed E-state index contributed by atoms with van der Waals surface area (Å²) in [5.74, 6) is 1.02. The molecular weight excluding hydrogens is 254 g/mol. The van der Waals surface area contributed by atoms with Crippen LogP contribution in [0.4, 0.5) is 0 Å². The van der Waals surface area contributed by atoms with Crippen LogP contribution in [0.3, 0.4) is 0 Å². The second kappa shape index (κ2) is 3.31. The van der Waals surface area contributed by atoms with E-state index >= 15 is 0 Å². The number of carbonyl (C=O) groups is 1. The van der Waals surface area contributed by atoms with E-state index in [4.69, 9.17) is 4.74 Å². The Bertz CT molecular complexity index is 508. The Morgan fingerprint density at radius 2 is 2.25 bits per heavy atom. The van der Waals surface area contributed by atoms with Crippen molar-refractivity contribution in [1.29, 1.82) is 0 Å². The van der Waals surface area contributed by atoms with Gasteiger partial charge in [0.25, 0.3) is 0 Å². The third kappa shape index (κ3) is 0.994. The highest BCUT2D eigenvalue weighted by Gasteiger charge is 2.81. The summed E-state index contributed by atoms with van der Waals surface area (Å²) in [6.45, 7) is 4.27. The van der Waals surface area contributed by atoms with Gasteiger partial charge in [0.05, 0.1) is 11.5 Å². The van der Waals surface area contributed by atoms with Crippen LogP contribution in [-0.2, 0) is 9.53 Å². The zero-order chi connectivity index (χ0) is 13.8. The molecule has 0 aromatic heterocycles. The van der Waals surface area contributed by atoms with E-state index in [1.165, 1.54) is 0 Å².